The predicted molar refractivity (Wildman–Crippen MR) is 98.6 cm³/mol. The Balaban J connectivity index is 1.82. The zero-order valence-corrected chi connectivity index (χ0v) is 14.7. The van der Waals surface area contributed by atoms with Crippen LogP contribution in [0.25, 0.3) is 0 Å². The fourth-order valence-corrected chi connectivity index (χ4v) is 2.34. The molecule has 0 saturated heterocycles. The Morgan fingerprint density at radius 2 is 1.56 bits per heavy atom. The predicted octanol–water partition coefficient (Wildman–Crippen LogP) is 5.17. The van der Waals surface area contributed by atoms with Crippen molar-refractivity contribution < 1.29 is 9.47 Å². The Morgan fingerprint density at radius 3 is 2.16 bits per heavy atom. The van der Waals surface area contributed by atoms with Crippen LogP contribution >= 0.6 is 11.6 Å². The Morgan fingerprint density at radius 1 is 0.960 bits per heavy atom. The molecule has 0 amide bonds. The van der Waals surface area contributed by atoms with Crippen LogP contribution in [0.3, 0.4) is 0 Å². The molecule has 25 heavy (non-hydrogen) atoms. The molecule has 0 fully saturated rings. The van der Waals surface area contributed by atoms with E-state index >= 15 is 0 Å². The number of nitrogen functional groups attached to an aromatic ring is 1. The van der Waals surface area contributed by atoms with Crippen molar-refractivity contribution in [2.75, 3.05) is 5.73 Å². The summed E-state index contributed by atoms with van der Waals surface area (Å²) >= 11 is 6.03. The summed E-state index contributed by atoms with van der Waals surface area (Å²) in [7, 11) is 0. The van der Waals surface area contributed by atoms with E-state index in [1.807, 2.05) is 37.3 Å². The van der Waals surface area contributed by atoms with Gasteiger partial charge in [0.25, 0.3) is 0 Å². The van der Waals surface area contributed by atoms with Gasteiger partial charge in [-0.05, 0) is 54.8 Å². The van der Waals surface area contributed by atoms with Crippen molar-refractivity contribution in [2.24, 2.45) is 0 Å². The maximum Gasteiger partial charge on any atom is 0.249 e. The highest BCUT2D eigenvalue weighted by Crippen LogP contribution is 2.34. The van der Waals surface area contributed by atoms with Crippen molar-refractivity contribution in [3.8, 4) is 23.3 Å². The second kappa shape index (κ2) is 7.40. The van der Waals surface area contributed by atoms with Crippen molar-refractivity contribution in [1.82, 2.24) is 9.97 Å². The van der Waals surface area contributed by atoms with Gasteiger partial charge in [0.2, 0.25) is 11.8 Å². The summed E-state index contributed by atoms with van der Waals surface area (Å²) in [4.78, 5) is 8.17. The van der Waals surface area contributed by atoms with E-state index in [0.29, 0.717) is 16.5 Å². The van der Waals surface area contributed by atoms with Gasteiger partial charge in [-0.25, -0.2) is 0 Å². The SMILES string of the molecule is CCc1ccc(Oc2ncnc(Oc3ccc(Cl)c(C)c3)c2N)cc1. The molecule has 3 aromatic rings. The number of rotatable bonds is 5. The molecule has 0 radical (unpaired) electrons. The number of ether oxygens (including phenoxy) is 2. The standard InChI is InChI=1S/C19H18ClN3O2/c1-3-13-4-6-14(7-5-13)24-18-17(21)19(23-11-22-18)25-15-8-9-16(20)12(2)10-15/h4-11H,3,21H2,1-2H3. The van der Waals surface area contributed by atoms with Crippen LogP contribution in [-0.4, -0.2) is 9.97 Å². The number of aromatic nitrogens is 2. The summed E-state index contributed by atoms with van der Waals surface area (Å²) in [6.07, 6.45) is 2.32. The van der Waals surface area contributed by atoms with Gasteiger partial charge in [0.1, 0.15) is 17.8 Å². The smallest absolute Gasteiger partial charge is 0.249 e. The zero-order chi connectivity index (χ0) is 17.8. The van der Waals surface area contributed by atoms with Gasteiger partial charge in [-0.15, -0.1) is 0 Å². The van der Waals surface area contributed by atoms with Gasteiger partial charge < -0.3 is 15.2 Å². The molecular formula is C19H18ClN3O2. The average molecular weight is 356 g/mol. The first kappa shape index (κ1) is 17.0. The number of nitrogens with two attached hydrogens (primary N) is 1. The third-order valence-corrected chi connectivity index (χ3v) is 4.12. The largest absolute Gasteiger partial charge is 0.437 e. The molecule has 0 saturated carbocycles. The number of benzene rings is 2. The van der Waals surface area contributed by atoms with Crippen LogP contribution in [-0.2, 0) is 6.42 Å². The maximum absolute atomic E-state index is 6.10. The van der Waals surface area contributed by atoms with Crippen LogP contribution in [0.2, 0.25) is 5.02 Å². The fourth-order valence-electron chi connectivity index (χ4n) is 2.22. The van der Waals surface area contributed by atoms with E-state index in [1.165, 1.54) is 11.9 Å². The van der Waals surface area contributed by atoms with Gasteiger partial charge in [-0.3, -0.25) is 0 Å². The molecule has 0 atom stereocenters. The summed E-state index contributed by atoms with van der Waals surface area (Å²) in [6.45, 7) is 3.99. The van der Waals surface area contributed by atoms with Crippen LogP contribution in [0.5, 0.6) is 23.3 Å². The molecule has 6 heteroatoms. The Kier molecular flexibility index (Phi) is 5.05. The molecule has 0 aliphatic rings. The second-order valence-electron chi connectivity index (χ2n) is 5.51. The first-order chi connectivity index (χ1) is 12.1. The van der Waals surface area contributed by atoms with Crippen LogP contribution in [0.4, 0.5) is 5.69 Å². The molecule has 3 rings (SSSR count). The molecule has 2 N–H and O–H groups in total. The van der Waals surface area contributed by atoms with E-state index in [-0.39, 0.29) is 17.4 Å². The number of halogens is 1. The molecule has 1 heterocycles. The van der Waals surface area contributed by atoms with E-state index < -0.39 is 0 Å². The van der Waals surface area contributed by atoms with Crippen LogP contribution < -0.4 is 15.2 Å². The quantitative estimate of drug-likeness (QED) is 0.683. The van der Waals surface area contributed by atoms with Gasteiger partial charge in [0, 0.05) is 5.02 Å². The molecule has 1 aromatic heterocycles. The number of hydrogen-bond donors (Lipinski definition) is 1. The lowest BCUT2D eigenvalue weighted by Crippen LogP contribution is -2.00. The Bertz CT molecular complexity index is 882. The lowest BCUT2D eigenvalue weighted by Gasteiger charge is -2.11. The topological polar surface area (TPSA) is 70.3 Å². The molecule has 0 aliphatic carbocycles. The number of hydrogen-bond acceptors (Lipinski definition) is 5. The summed E-state index contributed by atoms with van der Waals surface area (Å²) in [5.41, 5.74) is 8.46. The van der Waals surface area contributed by atoms with Crippen molar-refractivity contribution in [3.63, 3.8) is 0 Å². The number of anilines is 1. The van der Waals surface area contributed by atoms with Crippen LogP contribution in [0.1, 0.15) is 18.1 Å². The Labute approximate surface area is 151 Å². The minimum atomic E-state index is 0.231. The normalized spacial score (nSPS) is 10.5. The first-order valence-electron chi connectivity index (χ1n) is 7.88. The Hall–Kier alpha value is -2.79. The summed E-state index contributed by atoms with van der Waals surface area (Å²) in [6, 6.07) is 13.1. The van der Waals surface area contributed by atoms with E-state index in [2.05, 4.69) is 16.9 Å². The number of aryl methyl sites for hydroxylation is 2. The van der Waals surface area contributed by atoms with Gasteiger partial charge in [-0.1, -0.05) is 30.7 Å². The zero-order valence-electron chi connectivity index (χ0n) is 14.0. The highest BCUT2D eigenvalue weighted by Gasteiger charge is 2.13. The van der Waals surface area contributed by atoms with Crippen molar-refractivity contribution >= 4 is 17.3 Å². The first-order valence-corrected chi connectivity index (χ1v) is 8.26. The lowest BCUT2D eigenvalue weighted by molar-refractivity contribution is 0.438. The molecule has 0 aliphatic heterocycles. The highest BCUT2D eigenvalue weighted by molar-refractivity contribution is 6.31. The van der Waals surface area contributed by atoms with Gasteiger partial charge >= 0.3 is 0 Å². The molecule has 2 aromatic carbocycles. The summed E-state index contributed by atoms with van der Waals surface area (Å²) in [5, 5.41) is 0.669. The van der Waals surface area contributed by atoms with Gasteiger partial charge in [0.05, 0.1) is 0 Å². The van der Waals surface area contributed by atoms with E-state index in [9.17, 15) is 0 Å². The minimum Gasteiger partial charge on any atom is -0.437 e. The molecule has 0 bridgehead atoms. The average Bonchev–Trinajstić information content (AvgIpc) is 2.62. The minimum absolute atomic E-state index is 0.231. The van der Waals surface area contributed by atoms with E-state index in [0.717, 1.165) is 12.0 Å². The van der Waals surface area contributed by atoms with Crippen molar-refractivity contribution in [2.45, 2.75) is 20.3 Å². The fraction of sp³-hybridized carbons (Fsp3) is 0.158. The van der Waals surface area contributed by atoms with E-state index in [1.54, 1.807) is 12.1 Å². The monoisotopic (exact) mass is 355 g/mol. The number of nitrogens with zero attached hydrogens (tertiary/aromatic N) is 2. The third kappa shape index (κ3) is 4.00. The van der Waals surface area contributed by atoms with Crippen molar-refractivity contribution in [1.29, 1.82) is 0 Å². The molecule has 0 spiro atoms. The summed E-state index contributed by atoms with van der Waals surface area (Å²) in [5.74, 6) is 1.72. The second-order valence-corrected chi connectivity index (χ2v) is 5.92. The van der Waals surface area contributed by atoms with Crippen molar-refractivity contribution in [3.05, 3.63) is 64.9 Å². The van der Waals surface area contributed by atoms with Crippen LogP contribution in [0.15, 0.2) is 48.8 Å². The summed E-state index contributed by atoms with van der Waals surface area (Å²) < 4.78 is 11.5. The molecule has 0 unspecified atom stereocenters. The maximum atomic E-state index is 6.10. The third-order valence-electron chi connectivity index (χ3n) is 3.70. The van der Waals surface area contributed by atoms with Gasteiger partial charge in [-0.2, -0.15) is 9.97 Å². The van der Waals surface area contributed by atoms with E-state index in [4.69, 9.17) is 26.8 Å². The van der Waals surface area contributed by atoms with Crippen LogP contribution in [0, 0.1) is 6.92 Å². The van der Waals surface area contributed by atoms with Gasteiger partial charge in [0.15, 0.2) is 5.69 Å². The lowest BCUT2D eigenvalue weighted by atomic mass is 10.2. The molecular weight excluding hydrogens is 338 g/mol. The highest BCUT2D eigenvalue weighted by atomic mass is 35.5. The molecule has 128 valence electrons. The molecule has 5 nitrogen and oxygen atoms in total.